The number of halogens is 3. The fraction of sp³-hybridized carbons (Fsp3) is 0.455. The number of alkyl halides is 1. The summed E-state index contributed by atoms with van der Waals surface area (Å²) in [4.78, 5) is 0. The van der Waals surface area contributed by atoms with Crippen molar-refractivity contribution >= 4 is 43.5 Å². The Bertz CT molecular complexity index is 773. The smallest absolute Gasteiger partial charge is 0.147 e. The molecule has 0 aliphatic carbocycles. The van der Waals surface area contributed by atoms with Crippen molar-refractivity contribution in [1.82, 2.24) is 0 Å². The molecule has 2 aromatic carbocycles. The van der Waals surface area contributed by atoms with Crippen LogP contribution in [0.2, 0.25) is 0 Å². The van der Waals surface area contributed by atoms with Crippen LogP contribution >= 0.6 is 43.5 Å². The maximum Gasteiger partial charge on any atom is 0.147 e. The van der Waals surface area contributed by atoms with E-state index in [-0.39, 0.29) is 24.5 Å². The SMILES string of the molecule is C[C@@H](CCl)COc1c(Br)cc(C(C)(C)c2ccc(OC[C@@H](O)CO)cc2)cc1Br. The number of aliphatic hydroxyl groups excluding tert-OH is 2. The molecular formula is C22H27Br2ClO4. The molecule has 0 spiro atoms. The van der Waals surface area contributed by atoms with Gasteiger partial charge in [0, 0.05) is 17.2 Å². The average Bonchev–Trinajstić information content (AvgIpc) is 2.71. The van der Waals surface area contributed by atoms with E-state index in [9.17, 15) is 5.11 Å². The van der Waals surface area contributed by atoms with Crippen molar-refractivity contribution in [3.05, 3.63) is 56.5 Å². The lowest BCUT2D eigenvalue weighted by atomic mass is 9.78. The standard InChI is InChI=1S/C22H27Br2ClO4/c1-14(10-25)12-29-21-19(23)8-16(9-20(21)24)22(2,3)15-4-6-18(7-5-15)28-13-17(27)11-26/h4-9,14,17,26-27H,10-13H2,1-3H3/t14-,17-/m0/s1. The van der Waals surface area contributed by atoms with Crippen molar-refractivity contribution in [3.63, 3.8) is 0 Å². The Labute approximate surface area is 194 Å². The summed E-state index contributed by atoms with van der Waals surface area (Å²) >= 11 is 13.1. The molecule has 0 radical (unpaired) electrons. The van der Waals surface area contributed by atoms with E-state index in [2.05, 4.69) is 57.8 Å². The zero-order valence-electron chi connectivity index (χ0n) is 16.8. The first kappa shape index (κ1) is 24.5. The largest absolute Gasteiger partial charge is 0.491 e. The molecule has 0 heterocycles. The normalized spacial score (nSPS) is 13.8. The van der Waals surface area contributed by atoms with Crippen LogP contribution in [0.4, 0.5) is 0 Å². The minimum Gasteiger partial charge on any atom is -0.491 e. The Balaban J connectivity index is 2.19. The predicted octanol–water partition coefficient (Wildman–Crippen LogP) is 5.52. The van der Waals surface area contributed by atoms with E-state index in [1.807, 2.05) is 31.2 Å². The van der Waals surface area contributed by atoms with Gasteiger partial charge in [0.05, 0.1) is 22.2 Å². The first-order valence-electron chi connectivity index (χ1n) is 9.39. The highest BCUT2D eigenvalue weighted by atomic mass is 79.9. The zero-order valence-corrected chi connectivity index (χ0v) is 20.7. The van der Waals surface area contributed by atoms with Crippen LogP contribution in [-0.4, -0.2) is 42.0 Å². The molecule has 0 bridgehead atoms. The van der Waals surface area contributed by atoms with Crippen molar-refractivity contribution in [1.29, 1.82) is 0 Å². The second-order valence-corrected chi connectivity index (χ2v) is 9.65. The van der Waals surface area contributed by atoms with Gasteiger partial charge in [0.1, 0.15) is 24.2 Å². The van der Waals surface area contributed by atoms with E-state index in [1.165, 1.54) is 0 Å². The second kappa shape index (κ2) is 11.0. The van der Waals surface area contributed by atoms with E-state index in [4.69, 9.17) is 26.2 Å². The van der Waals surface area contributed by atoms with Gasteiger partial charge in [0.2, 0.25) is 0 Å². The fourth-order valence-electron chi connectivity index (χ4n) is 2.71. The maximum absolute atomic E-state index is 9.41. The molecule has 7 heteroatoms. The summed E-state index contributed by atoms with van der Waals surface area (Å²) in [7, 11) is 0. The van der Waals surface area contributed by atoms with Crippen LogP contribution in [0.15, 0.2) is 45.3 Å². The van der Waals surface area contributed by atoms with E-state index in [0.29, 0.717) is 18.2 Å². The molecule has 160 valence electrons. The van der Waals surface area contributed by atoms with Crippen LogP contribution in [0.1, 0.15) is 31.9 Å². The van der Waals surface area contributed by atoms with Crippen LogP contribution in [0, 0.1) is 5.92 Å². The van der Waals surface area contributed by atoms with Crippen LogP contribution in [0.5, 0.6) is 11.5 Å². The molecule has 0 amide bonds. The zero-order chi connectivity index (χ0) is 21.6. The highest BCUT2D eigenvalue weighted by Gasteiger charge is 2.25. The number of aliphatic hydroxyl groups is 2. The van der Waals surface area contributed by atoms with Crippen molar-refractivity contribution < 1.29 is 19.7 Å². The predicted molar refractivity (Wildman–Crippen MR) is 124 cm³/mol. The average molecular weight is 551 g/mol. The maximum atomic E-state index is 9.41. The second-order valence-electron chi connectivity index (χ2n) is 7.64. The minimum absolute atomic E-state index is 0.0585. The van der Waals surface area contributed by atoms with Gasteiger partial charge in [0.15, 0.2) is 0 Å². The van der Waals surface area contributed by atoms with Crippen molar-refractivity contribution in [2.75, 3.05) is 25.7 Å². The molecule has 0 aromatic heterocycles. The van der Waals surface area contributed by atoms with E-state index < -0.39 is 6.10 Å². The van der Waals surface area contributed by atoms with Gasteiger partial charge in [-0.05, 0) is 67.3 Å². The van der Waals surface area contributed by atoms with Gasteiger partial charge in [-0.2, -0.15) is 0 Å². The summed E-state index contributed by atoms with van der Waals surface area (Å²) < 4.78 is 13.2. The summed E-state index contributed by atoms with van der Waals surface area (Å²) in [5, 5.41) is 18.3. The molecule has 0 aliphatic heterocycles. The third-order valence-corrected chi connectivity index (χ3v) is 6.43. The summed E-state index contributed by atoms with van der Waals surface area (Å²) in [6.07, 6.45) is -0.881. The molecular weight excluding hydrogens is 523 g/mol. The Morgan fingerprint density at radius 3 is 2.10 bits per heavy atom. The van der Waals surface area contributed by atoms with Crippen molar-refractivity contribution in [2.24, 2.45) is 5.92 Å². The van der Waals surface area contributed by atoms with Gasteiger partial charge < -0.3 is 19.7 Å². The number of rotatable bonds is 10. The van der Waals surface area contributed by atoms with E-state index >= 15 is 0 Å². The topological polar surface area (TPSA) is 58.9 Å². The number of benzene rings is 2. The number of ether oxygens (including phenoxy) is 2. The first-order valence-corrected chi connectivity index (χ1v) is 11.5. The summed E-state index contributed by atoms with van der Waals surface area (Å²) in [6.45, 7) is 6.65. The molecule has 0 aliphatic rings. The first-order chi connectivity index (χ1) is 13.7. The van der Waals surface area contributed by atoms with Gasteiger partial charge >= 0.3 is 0 Å². The molecule has 2 aromatic rings. The molecule has 0 saturated heterocycles. The molecule has 0 fully saturated rings. The molecule has 2 rings (SSSR count). The Kier molecular flexibility index (Phi) is 9.29. The van der Waals surface area contributed by atoms with Gasteiger partial charge in [-0.15, -0.1) is 11.6 Å². The van der Waals surface area contributed by atoms with Crippen molar-refractivity contribution in [2.45, 2.75) is 32.3 Å². The van der Waals surface area contributed by atoms with Gasteiger partial charge in [-0.1, -0.05) is 32.9 Å². The Morgan fingerprint density at radius 1 is 1.00 bits per heavy atom. The third kappa shape index (κ3) is 6.59. The molecule has 2 atom stereocenters. The number of hydrogen-bond donors (Lipinski definition) is 2. The third-order valence-electron chi connectivity index (χ3n) is 4.72. The quantitative estimate of drug-likeness (QED) is 0.383. The van der Waals surface area contributed by atoms with E-state index in [0.717, 1.165) is 25.8 Å². The van der Waals surface area contributed by atoms with Crippen LogP contribution < -0.4 is 9.47 Å². The molecule has 2 N–H and O–H groups in total. The number of hydrogen-bond acceptors (Lipinski definition) is 4. The molecule has 0 unspecified atom stereocenters. The van der Waals surface area contributed by atoms with Gasteiger partial charge in [-0.25, -0.2) is 0 Å². The monoisotopic (exact) mass is 548 g/mol. The lowest BCUT2D eigenvalue weighted by Gasteiger charge is -2.27. The fourth-order valence-corrected chi connectivity index (χ4v) is 4.21. The summed E-state index contributed by atoms with van der Waals surface area (Å²) in [5.41, 5.74) is 1.99. The van der Waals surface area contributed by atoms with Crippen LogP contribution in [0.25, 0.3) is 0 Å². The lowest BCUT2D eigenvalue weighted by Crippen LogP contribution is -2.21. The van der Waals surface area contributed by atoms with Crippen LogP contribution in [-0.2, 0) is 5.41 Å². The van der Waals surface area contributed by atoms with Gasteiger partial charge in [-0.3, -0.25) is 0 Å². The Hall–Kier alpha value is -0.790. The van der Waals surface area contributed by atoms with E-state index in [1.54, 1.807) is 0 Å². The van der Waals surface area contributed by atoms with Crippen LogP contribution in [0.3, 0.4) is 0 Å². The summed E-state index contributed by atoms with van der Waals surface area (Å²) in [5.74, 6) is 2.24. The minimum atomic E-state index is -0.881. The summed E-state index contributed by atoms with van der Waals surface area (Å²) in [6, 6.07) is 11.9. The molecule has 29 heavy (non-hydrogen) atoms. The molecule has 4 nitrogen and oxygen atoms in total. The highest BCUT2D eigenvalue weighted by molar-refractivity contribution is 9.11. The van der Waals surface area contributed by atoms with Crippen molar-refractivity contribution in [3.8, 4) is 11.5 Å². The Morgan fingerprint density at radius 2 is 1.59 bits per heavy atom. The molecule has 0 saturated carbocycles. The lowest BCUT2D eigenvalue weighted by molar-refractivity contribution is 0.0536. The van der Waals surface area contributed by atoms with Gasteiger partial charge in [0.25, 0.3) is 0 Å². The highest BCUT2D eigenvalue weighted by Crippen LogP contribution is 2.41.